The molecule has 24 heavy (non-hydrogen) atoms. The fourth-order valence-electron chi connectivity index (χ4n) is 2.83. The van der Waals surface area contributed by atoms with Crippen LogP contribution in [0.1, 0.15) is 46.5 Å². The number of hydrogen-bond acceptors (Lipinski definition) is 3. The molecule has 0 aromatic heterocycles. The predicted octanol–water partition coefficient (Wildman–Crippen LogP) is 3.65. The average molecular weight is 360 g/mol. The van der Waals surface area contributed by atoms with Gasteiger partial charge in [-0.2, -0.15) is 0 Å². The van der Waals surface area contributed by atoms with E-state index in [4.69, 9.17) is 0 Å². The van der Waals surface area contributed by atoms with Gasteiger partial charge in [-0.3, -0.25) is 0 Å². The third kappa shape index (κ3) is 5.14. The van der Waals surface area contributed by atoms with Crippen molar-refractivity contribution in [1.82, 2.24) is 4.72 Å². The molecule has 0 heterocycles. The van der Waals surface area contributed by atoms with E-state index in [2.05, 4.69) is 10.0 Å². The van der Waals surface area contributed by atoms with E-state index in [1.165, 1.54) is 12.1 Å². The zero-order valence-corrected chi connectivity index (χ0v) is 15.2. The van der Waals surface area contributed by atoms with Gasteiger partial charge in [-0.1, -0.05) is 0 Å². The van der Waals surface area contributed by atoms with Gasteiger partial charge in [-0.05, 0) is 64.5 Å². The molecule has 136 valence electrons. The van der Waals surface area contributed by atoms with Gasteiger partial charge in [-0.25, -0.2) is 21.9 Å². The van der Waals surface area contributed by atoms with E-state index in [9.17, 15) is 17.2 Å². The molecule has 1 aliphatic carbocycles. The van der Waals surface area contributed by atoms with Crippen molar-refractivity contribution in [2.45, 2.75) is 57.2 Å². The van der Waals surface area contributed by atoms with Crippen LogP contribution < -0.4 is 10.0 Å². The van der Waals surface area contributed by atoms with E-state index in [0.29, 0.717) is 18.2 Å². The Bertz CT molecular complexity index is 643. The van der Waals surface area contributed by atoms with E-state index in [0.717, 1.165) is 31.7 Å². The van der Waals surface area contributed by atoms with Crippen LogP contribution in [0.15, 0.2) is 18.2 Å². The molecule has 2 rings (SSSR count). The molecule has 0 saturated heterocycles. The first kappa shape index (κ1) is 19.1. The summed E-state index contributed by atoms with van der Waals surface area (Å²) in [6.45, 7) is 5.47. The Labute approximate surface area is 143 Å². The van der Waals surface area contributed by atoms with Crippen LogP contribution in [0.3, 0.4) is 0 Å². The second kappa shape index (κ2) is 7.35. The fourth-order valence-corrected chi connectivity index (χ4v) is 3.72. The van der Waals surface area contributed by atoms with Crippen molar-refractivity contribution in [1.29, 1.82) is 0 Å². The largest absolute Gasteiger partial charge is 0.382 e. The Morgan fingerprint density at radius 2 is 1.58 bits per heavy atom. The molecule has 0 bridgehead atoms. The average Bonchev–Trinajstić information content (AvgIpc) is 2.44. The summed E-state index contributed by atoms with van der Waals surface area (Å²) in [5, 5.41) is 3.16. The van der Waals surface area contributed by atoms with Crippen molar-refractivity contribution < 1.29 is 17.2 Å². The van der Waals surface area contributed by atoms with Crippen molar-refractivity contribution in [3.05, 3.63) is 29.8 Å². The molecule has 1 fully saturated rings. The molecule has 4 nitrogen and oxygen atoms in total. The van der Waals surface area contributed by atoms with Gasteiger partial charge in [0, 0.05) is 24.3 Å². The van der Waals surface area contributed by atoms with E-state index in [-0.39, 0.29) is 6.04 Å². The molecule has 2 N–H and O–H groups in total. The number of sulfonamides is 1. The first-order valence-electron chi connectivity index (χ1n) is 8.29. The quantitative estimate of drug-likeness (QED) is 0.843. The normalized spacial score (nSPS) is 22.4. The number of halogens is 2. The molecule has 0 aliphatic heterocycles. The molecule has 1 aromatic rings. The summed E-state index contributed by atoms with van der Waals surface area (Å²) in [5.41, 5.74) is 0.449. The maximum atomic E-state index is 13.2. The highest BCUT2D eigenvalue weighted by molar-refractivity contribution is 7.90. The van der Waals surface area contributed by atoms with Gasteiger partial charge < -0.3 is 5.32 Å². The highest BCUT2D eigenvalue weighted by Gasteiger charge is 2.30. The van der Waals surface area contributed by atoms with Crippen LogP contribution in [-0.2, 0) is 10.0 Å². The van der Waals surface area contributed by atoms with Gasteiger partial charge in [0.2, 0.25) is 10.0 Å². The number of nitrogens with one attached hydrogen (secondary N) is 2. The van der Waals surface area contributed by atoms with Gasteiger partial charge in [0.1, 0.15) is 11.6 Å². The molecule has 1 aromatic carbocycles. The maximum Gasteiger partial charge on any atom is 0.216 e. The monoisotopic (exact) mass is 360 g/mol. The lowest BCUT2D eigenvalue weighted by Crippen LogP contribution is -2.42. The molecule has 0 unspecified atom stereocenters. The Kier molecular flexibility index (Phi) is 5.86. The molecule has 0 radical (unpaired) electrons. The third-order valence-corrected chi connectivity index (χ3v) is 6.61. The van der Waals surface area contributed by atoms with Gasteiger partial charge in [0.05, 0.1) is 4.75 Å². The van der Waals surface area contributed by atoms with Crippen LogP contribution in [0, 0.1) is 17.6 Å². The van der Waals surface area contributed by atoms with Crippen LogP contribution in [0.4, 0.5) is 14.5 Å². The van der Waals surface area contributed by atoms with E-state index in [1.54, 1.807) is 20.8 Å². The zero-order chi connectivity index (χ0) is 18.0. The van der Waals surface area contributed by atoms with Crippen molar-refractivity contribution in [3.8, 4) is 0 Å². The summed E-state index contributed by atoms with van der Waals surface area (Å²) in [7, 11) is -3.32. The summed E-state index contributed by atoms with van der Waals surface area (Å²) in [4.78, 5) is 0. The summed E-state index contributed by atoms with van der Waals surface area (Å²) in [6, 6.07) is 3.57. The first-order valence-corrected chi connectivity index (χ1v) is 9.77. The molecule has 0 spiro atoms. The summed E-state index contributed by atoms with van der Waals surface area (Å²) in [6.07, 6.45) is 3.45. The summed E-state index contributed by atoms with van der Waals surface area (Å²) < 4.78 is 52.4. The number of hydrogen-bond donors (Lipinski definition) is 2. The van der Waals surface area contributed by atoms with Gasteiger partial charge in [0.15, 0.2) is 0 Å². The maximum absolute atomic E-state index is 13.2. The smallest absolute Gasteiger partial charge is 0.216 e. The van der Waals surface area contributed by atoms with Crippen LogP contribution in [0.25, 0.3) is 0 Å². The lowest BCUT2D eigenvalue weighted by molar-refractivity contribution is 0.336. The summed E-state index contributed by atoms with van der Waals surface area (Å²) >= 11 is 0. The van der Waals surface area contributed by atoms with Crippen molar-refractivity contribution in [2.24, 2.45) is 5.92 Å². The fraction of sp³-hybridized carbons (Fsp3) is 0.647. The van der Waals surface area contributed by atoms with Gasteiger partial charge >= 0.3 is 0 Å². The predicted molar refractivity (Wildman–Crippen MR) is 92.4 cm³/mol. The van der Waals surface area contributed by atoms with E-state index in [1.807, 2.05) is 0 Å². The van der Waals surface area contributed by atoms with Crippen LogP contribution >= 0.6 is 0 Å². The number of anilines is 1. The van der Waals surface area contributed by atoms with Crippen molar-refractivity contribution >= 4 is 15.7 Å². The Morgan fingerprint density at radius 3 is 2.08 bits per heavy atom. The minimum atomic E-state index is -3.32. The van der Waals surface area contributed by atoms with E-state index >= 15 is 0 Å². The minimum absolute atomic E-state index is 0.154. The van der Waals surface area contributed by atoms with Crippen LogP contribution in [-0.4, -0.2) is 25.8 Å². The Morgan fingerprint density at radius 1 is 1.04 bits per heavy atom. The number of benzene rings is 1. The van der Waals surface area contributed by atoms with Gasteiger partial charge in [-0.15, -0.1) is 0 Å². The molecule has 0 atom stereocenters. The standard InChI is InChI=1S/C17H26F2N2O2S/c1-17(2,3)24(22,23)20-11-12-4-6-15(7-5-12)21-16-9-13(18)8-14(19)10-16/h8-10,12,15,20-21H,4-7,11H2,1-3H3. The molecule has 1 aliphatic rings. The molecule has 0 amide bonds. The lowest BCUT2D eigenvalue weighted by atomic mass is 9.86. The van der Waals surface area contributed by atoms with Crippen LogP contribution in [0.2, 0.25) is 0 Å². The molecular weight excluding hydrogens is 334 g/mol. The number of rotatable bonds is 5. The van der Waals surface area contributed by atoms with Crippen LogP contribution in [0.5, 0.6) is 0 Å². The SMILES string of the molecule is CC(C)(C)S(=O)(=O)NCC1CCC(Nc2cc(F)cc(F)c2)CC1. The highest BCUT2D eigenvalue weighted by atomic mass is 32.2. The minimum Gasteiger partial charge on any atom is -0.382 e. The molecular formula is C17H26F2N2O2S. The second-order valence-corrected chi connectivity index (χ2v) is 10.0. The highest BCUT2D eigenvalue weighted by Crippen LogP contribution is 2.27. The van der Waals surface area contributed by atoms with Crippen molar-refractivity contribution in [2.75, 3.05) is 11.9 Å². The topological polar surface area (TPSA) is 58.2 Å². The third-order valence-electron chi connectivity index (χ3n) is 4.45. The zero-order valence-electron chi connectivity index (χ0n) is 14.4. The summed E-state index contributed by atoms with van der Waals surface area (Å²) in [5.74, 6) is -0.894. The second-order valence-electron chi connectivity index (χ2n) is 7.48. The van der Waals surface area contributed by atoms with Gasteiger partial charge in [0.25, 0.3) is 0 Å². The first-order chi connectivity index (χ1) is 11.1. The molecule has 7 heteroatoms. The van der Waals surface area contributed by atoms with Crippen molar-refractivity contribution in [3.63, 3.8) is 0 Å². The Balaban J connectivity index is 1.81. The lowest BCUT2D eigenvalue weighted by Gasteiger charge is -2.30. The molecule has 1 saturated carbocycles. The Hall–Kier alpha value is -1.21. The van der Waals surface area contributed by atoms with E-state index < -0.39 is 26.4 Å².